The Morgan fingerprint density at radius 2 is 1.58 bits per heavy atom. The van der Waals surface area contributed by atoms with Gasteiger partial charge in [0.25, 0.3) is 5.91 Å². The van der Waals surface area contributed by atoms with Gasteiger partial charge >= 0.3 is 12.4 Å². The van der Waals surface area contributed by atoms with Crippen molar-refractivity contribution in [3.8, 4) is 11.3 Å². The molecule has 0 bridgehead atoms. The van der Waals surface area contributed by atoms with E-state index in [1.807, 2.05) is 0 Å². The summed E-state index contributed by atoms with van der Waals surface area (Å²) in [5.41, 5.74) is -3.30. The summed E-state index contributed by atoms with van der Waals surface area (Å²) in [5.74, 6) is -1.12. The highest BCUT2D eigenvalue weighted by atomic mass is 79.9. The fraction of sp³-hybridized carbons (Fsp3) is 0.0952. The van der Waals surface area contributed by atoms with Crippen molar-refractivity contribution in [2.45, 2.75) is 12.4 Å². The summed E-state index contributed by atoms with van der Waals surface area (Å²) in [7, 11) is 0. The Morgan fingerprint density at radius 1 is 0.909 bits per heavy atom. The van der Waals surface area contributed by atoms with Crippen molar-refractivity contribution in [1.29, 1.82) is 0 Å². The zero-order valence-electron chi connectivity index (χ0n) is 16.2. The number of nitrogens with zero attached hydrogens (tertiary/aromatic N) is 3. The third-order valence-electron chi connectivity index (χ3n) is 4.57. The van der Waals surface area contributed by atoms with E-state index in [1.54, 1.807) is 24.3 Å². The monoisotopic (exact) mass is 528 g/mol. The van der Waals surface area contributed by atoms with Gasteiger partial charge in [0.1, 0.15) is 0 Å². The summed E-state index contributed by atoms with van der Waals surface area (Å²) in [6.45, 7) is 0. The number of nitrogens with one attached hydrogen (secondary N) is 1. The molecule has 2 aromatic heterocycles. The number of para-hydroxylation sites is 1. The predicted molar refractivity (Wildman–Crippen MR) is 111 cm³/mol. The highest BCUT2D eigenvalue weighted by Crippen LogP contribution is 2.35. The smallest absolute Gasteiger partial charge is 0.320 e. The van der Waals surface area contributed by atoms with Crippen LogP contribution < -0.4 is 5.32 Å². The van der Waals surface area contributed by atoms with Gasteiger partial charge < -0.3 is 5.32 Å². The molecule has 0 spiro atoms. The van der Waals surface area contributed by atoms with Crippen molar-refractivity contribution in [3.63, 3.8) is 0 Å². The van der Waals surface area contributed by atoms with Crippen molar-refractivity contribution in [2.24, 2.45) is 0 Å². The molecular formula is C21H11BrF6N4O. The maximum Gasteiger partial charge on any atom is 0.433 e. The van der Waals surface area contributed by atoms with Gasteiger partial charge in [-0.3, -0.25) is 4.79 Å². The van der Waals surface area contributed by atoms with Crippen LogP contribution in [0.5, 0.6) is 0 Å². The van der Waals surface area contributed by atoms with Gasteiger partial charge in [0.2, 0.25) is 0 Å². The van der Waals surface area contributed by atoms with E-state index in [0.29, 0.717) is 14.6 Å². The summed E-state index contributed by atoms with van der Waals surface area (Å²) >= 11 is 3.24. The lowest BCUT2D eigenvalue weighted by molar-refractivity contribution is -0.142. The topological polar surface area (TPSA) is 59.3 Å². The maximum atomic E-state index is 13.7. The van der Waals surface area contributed by atoms with Crippen molar-refractivity contribution in [2.75, 3.05) is 5.32 Å². The number of amides is 1. The predicted octanol–water partition coefficient (Wildman–Crippen LogP) is 6.45. The molecule has 4 aromatic rings. The number of carbonyl (C=O) groups is 1. The van der Waals surface area contributed by atoms with Crippen LogP contribution in [-0.4, -0.2) is 20.5 Å². The zero-order chi connectivity index (χ0) is 24.0. The van der Waals surface area contributed by atoms with Gasteiger partial charge in [-0.05, 0) is 30.3 Å². The quantitative estimate of drug-likeness (QED) is 0.311. The highest BCUT2D eigenvalue weighted by Gasteiger charge is 2.36. The van der Waals surface area contributed by atoms with Crippen LogP contribution in [0, 0.1) is 0 Å². The molecule has 0 fully saturated rings. The number of benzene rings is 2. The van der Waals surface area contributed by atoms with E-state index < -0.39 is 40.9 Å². The van der Waals surface area contributed by atoms with Crippen LogP contribution in [0.2, 0.25) is 0 Å². The largest absolute Gasteiger partial charge is 0.433 e. The molecule has 0 radical (unpaired) electrons. The van der Waals surface area contributed by atoms with Gasteiger partial charge in [-0.25, -0.2) is 9.50 Å². The number of halogens is 7. The second-order valence-corrected chi connectivity index (χ2v) is 7.74. The number of hydrogen-bond donors (Lipinski definition) is 1. The molecule has 1 amide bonds. The fourth-order valence-electron chi connectivity index (χ4n) is 3.08. The van der Waals surface area contributed by atoms with Crippen LogP contribution in [0.3, 0.4) is 0 Å². The minimum absolute atomic E-state index is 0.0170. The Labute approximate surface area is 190 Å². The molecule has 0 aliphatic rings. The number of anilines is 1. The molecule has 0 saturated carbocycles. The molecule has 0 aliphatic carbocycles. The Morgan fingerprint density at radius 3 is 2.21 bits per heavy atom. The molecule has 12 heteroatoms. The van der Waals surface area contributed by atoms with E-state index in [1.165, 1.54) is 6.07 Å². The third-order valence-corrected chi connectivity index (χ3v) is 5.10. The van der Waals surface area contributed by atoms with Gasteiger partial charge in [-0.2, -0.15) is 31.4 Å². The molecule has 5 nitrogen and oxygen atoms in total. The molecule has 2 heterocycles. The number of hydrogen-bond acceptors (Lipinski definition) is 3. The summed E-state index contributed by atoms with van der Waals surface area (Å²) in [6.07, 6.45) is -9.58. The lowest BCUT2D eigenvalue weighted by Crippen LogP contribution is -2.18. The average Bonchev–Trinajstić information content (AvgIpc) is 3.17. The summed E-state index contributed by atoms with van der Waals surface area (Å²) in [6, 6.07) is 12.3. The number of fused-ring (bicyclic) bond motifs is 1. The van der Waals surface area contributed by atoms with Gasteiger partial charge in [0, 0.05) is 16.1 Å². The minimum atomic E-state index is -4.84. The van der Waals surface area contributed by atoms with Crippen LogP contribution >= 0.6 is 15.9 Å². The number of carbonyl (C=O) groups excluding carboxylic acids is 1. The molecule has 33 heavy (non-hydrogen) atoms. The molecule has 0 unspecified atom stereocenters. The molecule has 0 atom stereocenters. The maximum absolute atomic E-state index is 13.7. The van der Waals surface area contributed by atoms with Crippen molar-refractivity contribution < 1.29 is 31.1 Å². The molecule has 170 valence electrons. The fourth-order valence-corrected chi connectivity index (χ4v) is 3.35. The first-order valence-electron chi connectivity index (χ1n) is 9.15. The summed E-state index contributed by atoms with van der Waals surface area (Å²) < 4.78 is 81.8. The number of aromatic nitrogens is 3. The van der Waals surface area contributed by atoms with Crippen molar-refractivity contribution in [1.82, 2.24) is 14.6 Å². The van der Waals surface area contributed by atoms with Gasteiger partial charge in [0.05, 0.1) is 16.9 Å². The van der Waals surface area contributed by atoms with Crippen LogP contribution in [-0.2, 0) is 12.4 Å². The molecule has 2 aromatic carbocycles. The van der Waals surface area contributed by atoms with Gasteiger partial charge in [-0.1, -0.05) is 40.2 Å². The Hall–Kier alpha value is -3.41. The molecule has 0 saturated heterocycles. The highest BCUT2D eigenvalue weighted by molar-refractivity contribution is 9.10. The van der Waals surface area contributed by atoms with E-state index in [9.17, 15) is 31.1 Å². The second kappa shape index (κ2) is 8.18. The first-order chi connectivity index (χ1) is 15.4. The first kappa shape index (κ1) is 22.8. The Bertz CT molecular complexity index is 1350. The van der Waals surface area contributed by atoms with Gasteiger partial charge in [0.15, 0.2) is 17.0 Å². The average molecular weight is 529 g/mol. The molecular weight excluding hydrogens is 518 g/mol. The van der Waals surface area contributed by atoms with Crippen LogP contribution in [0.25, 0.3) is 16.9 Å². The lowest BCUT2D eigenvalue weighted by atomic mass is 10.1. The van der Waals surface area contributed by atoms with E-state index in [4.69, 9.17) is 0 Å². The van der Waals surface area contributed by atoms with Crippen LogP contribution in [0.4, 0.5) is 32.0 Å². The molecule has 4 rings (SSSR count). The van der Waals surface area contributed by atoms with Crippen LogP contribution in [0.15, 0.2) is 65.1 Å². The summed E-state index contributed by atoms with van der Waals surface area (Å²) in [4.78, 5) is 16.7. The molecule has 0 aliphatic heterocycles. The second-order valence-electron chi connectivity index (χ2n) is 6.83. The standard InChI is InChI=1S/C21H11BrF6N4O/c22-12-7-5-11(6-8-12)15-9-17(21(26,27)28)32-18(29-15)10-16(31-32)19(33)30-14-4-2-1-3-13(14)20(23,24)25/h1-10H,(H,30,33). The van der Waals surface area contributed by atoms with E-state index in [0.717, 1.165) is 30.3 Å². The van der Waals surface area contributed by atoms with Crippen molar-refractivity contribution >= 4 is 33.2 Å². The normalized spacial score (nSPS) is 12.2. The lowest BCUT2D eigenvalue weighted by Gasteiger charge is -2.12. The molecule has 1 N–H and O–H groups in total. The SMILES string of the molecule is O=C(Nc1ccccc1C(F)(F)F)c1cc2nc(-c3ccc(Br)cc3)cc(C(F)(F)F)n2n1. The number of alkyl halides is 6. The Kier molecular flexibility index (Phi) is 5.64. The third kappa shape index (κ3) is 4.70. The van der Waals surface area contributed by atoms with E-state index >= 15 is 0 Å². The number of rotatable bonds is 3. The van der Waals surface area contributed by atoms with E-state index in [2.05, 4.69) is 31.3 Å². The van der Waals surface area contributed by atoms with E-state index in [-0.39, 0.29) is 11.3 Å². The first-order valence-corrected chi connectivity index (χ1v) is 9.94. The van der Waals surface area contributed by atoms with Gasteiger partial charge in [-0.15, -0.1) is 0 Å². The van der Waals surface area contributed by atoms with Crippen molar-refractivity contribution in [3.05, 3.63) is 82.1 Å². The van der Waals surface area contributed by atoms with Crippen LogP contribution in [0.1, 0.15) is 21.7 Å². The Balaban J connectivity index is 1.78. The summed E-state index contributed by atoms with van der Waals surface area (Å²) in [5, 5.41) is 5.71. The minimum Gasteiger partial charge on any atom is -0.320 e. The zero-order valence-corrected chi connectivity index (χ0v) is 17.8.